The van der Waals surface area contributed by atoms with Crippen LogP contribution >= 0.6 is 15.9 Å². The van der Waals surface area contributed by atoms with Crippen LogP contribution < -0.4 is 5.73 Å². The molecular weight excluding hydrogens is 325 g/mol. The average molecular weight is 338 g/mol. The topological polar surface area (TPSA) is 61.7 Å². The van der Waals surface area contributed by atoms with Gasteiger partial charge in [0.25, 0.3) is 0 Å². The van der Waals surface area contributed by atoms with E-state index < -0.39 is 0 Å². The Morgan fingerprint density at radius 3 is 2.90 bits per heavy atom. The van der Waals surface area contributed by atoms with Crippen LogP contribution in [-0.2, 0) is 13.1 Å². The third-order valence-electron chi connectivity index (χ3n) is 3.18. The molecule has 3 rings (SSSR count). The highest BCUT2D eigenvalue weighted by Crippen LogP contribution is 2.25. The largest absolute Gasteiger partial charge is 0.369 e. The molecule has 0 saturated heterocycles. The third kappa shape index (κ3) is 2.40. The number of rotatable bonds is 4. The van der Waals surface area contributed by atoms with Crippen LogP contribution in [0.5, 0.6) is 0 Å². The van der Waals surface area contributed by atoms with Crippen molar-refractivity contribution >= 4 is 32.9 Å². The molecule has 0 aliphatic heterocycles. The molecule has 104 valence electrons. The van der Waals surface area contributed by atoms with E-state index in [0.717, 1.165) is 25.0 Å². The Morgan fingerprint density at radius 2 is 2.15 bits per heavy atom. The minimum atomic E-state index is -0.333. The summed E-state index contributed by atoms with van der Waals surface area (Å²) >= 11 is 3.19. The van der Waals surface area contributed by atoms with Gasteiger partial charge in [0.1, 0.15) is 5.82 Å². The molecule has 3 aromatic rings. The highest BCUT2D eigenvalue weighted by molar-refractivity contribution is 9.10. The van der Waals surface area contributed by atoms with Gasteiger partial charge >= 0.3 is 0 Å². The molecule has 20 heavy (non-hydrogen) atoms. The van der Waals surface area contributed by atoms with E-state index in [4.69, 9.17) is 5.73 Å². The number of benzene rings is 1. The van der Waals surface area contributed by atoms with Crippen LogP contribution in [0.15, 0.2) is 35.3 Å². The second-order valence-corrected chi connectivity index (χ2v) is 5.39. The van der Waals surface area contributed by atoms with Crippen molar-refractivity contribution in [3.05, 3.63) is 41.1 Å². The number of hydrogen-bond donors (Lipinski definition) is 1. The fourth-order valence-electron chi connectivity index (χ4n) is 2.20. The van der Waals surface area contributed by atoms with Gasteiger partial charge < -0.3 is 14.9 Å². The highest BCUT2D eigenvalue weighted by atomic mass is 79.9. The van der Waals surface area contributed by atoms with Crippen molar-refractivity contribution in [2.24, 2.45) is 0 Å². The molecule has 0 fully saturated rings. The molecule has 7 heteroatoms. The van der Waals surface area contributed by atoms with Crippen LogP contribution in [0, 0.1) is 5.82 Å². The molecule has 5 nitrogen and oxygen atoms in total. The number of hydrogen-bond acceptors (Lipinski definition) is 3. The van der Waals surface area contributed by atoms with Crippen molar-refractivity contribution in [3.63, 3.8) is 0 Å². The number of aromatic nitrogens is 4. The van der Waals surface area contributed by atoms with E-state index in [1.807, 2.05) is 15.3 Å². The van der Waals surface area contributed by atoms with Crippen LogP contribution in [0.2, 0.25) is 0 Å². The van der Waals surface area contributed by atoms with Gasteiger partial charge in [-0.1, -0.05) is 0 Å². The quantitative estimate of drug-likeness (QED) is 0.796. The van der Waals surface area contributed by atoms with Gasteiger partial charge in [-0.3, -0.25) is 0 Å². The monoisotopic (exact) mass is 337 g/mol. The Morgan fingerprint density at radius 1 is 1.30 bits per heavy atom. The number of halogens is 2. The Bertz CT molecular complexity index is 735. The van der Waals surface area contributed by atoms with Gasteiger partial charge in [-0.25, -0.2) is 14.4 Å². The van der Waals surface area contributed by atoms with E-state index in [1.165, 1.54) is 6.07 Å². The van der Waals surface area contributed by atoms with Crippen molar-refractivity contribution in [3.8, 4) is 0 Å². The fourth-order valence-corrected chi connectivity index (χ4v) is 2.54. The highest BCUT2D eigenvalue weighted by Gasteiger charge is 2.11. The number of nitrogens with two attached hydrogens (primary N) is 1. The van der Waals surface area contributed by atoms with E-state index in [2.05, 4.69) is 25.9 Å². The Labute approximate surface area is 123 Å². The van der Waals surface area contributed by atoms with Gasteiger partial charge in [0.2, 0.25) is 5.95 Å². The molecule has 0 bridgehead atoms. The number of nitrogens with zero attached hydrogens (tertiary/aromatic N) is 4. The van der Waals surface area contributed by atoms with Crippen LogP contribution in [0.3, 0.4) is 0 Å². The lowest BCUT2D eigenvalue weighted by atomic mass is 10.3. The van der Waals surface area contributed by atoms with E-state index in [-0.39, 0.29) is 5.82 Å². The molecule has 0 unspecified atom stereocenters. The molecule has 2 aromatic heterocycles. The standard InChI is InChI=1S/C13H13BrFN5/c14-9-6-12-11(7-10(9)15)18-13(16)20(12)4-1-3-19-5-2-17-8-19/h2,5-8H,1,3-4H2,(H2,16,18). The Hall–Kier alpha value is -1.89. The zero-order valence-electron chi connectivity index (χ0n) is 10.6. The lowest BCUT2D eigenvalue weighted by molar-refractivity contribution is 0.575. The minimum Gasteiger partial charge on any atom is -0.369 e. The number of nitrogen functional groups attached to an aromatic ring is 1. The van der Waals surface area contributed by atoms with Crippen molar-refractivity contribution < 1.29 is 4.39 Å². The second kappa shape index (κ2) is 5.24. The summed E-state index contributed by atoms with van der Waals surface area (Å²) in [5.41, 5.74) is 7.32. The maximum Gasteiger partial charge on any atom is 0.201 e. The lowest BCUT2D eigenvalue weighted by Crippen LogP contribution is -2.06. The smallest absolute Gasteiger partial charge is 0.201 e. The third-order valence-corrected chi connectivity index (χ3v) is 3.78. The number of fused-ring (bicyclic) bond motifs is 1. The summed E-state index contributed by atoms with van der Waals surface area (Å²) in [6.07, 6.45) is 6.34. The van der Waals surface area contributed by atoms with E-state index in [9.17, 15) is 4.39 Å². The molecule has 0 spiro atoms. The van der Waals surface area contributed by atoms with E-state index >= 15 is 0 Å². The van der Waals surface area contributed by atoms with Crippen molar-refractivity contribution in [2.45, 2.75) is 19.5 Å². The molecule has 0 amide bonds. The molecule has 1 aromatic carbocycles. The zero-order chi connectivity index (χ0) is 14.1. The molecule has 2 heterocycles. The summed E-state index contributed by atoms with van der Waals surface area (Å²) in [6.45, 7) is 1.57. The summed E-state index contributed by atoms with van der Waals surface area (Å²) in [4.78, 5) is 8.19. The zero-order valence-corrected chi connectivity index (χ0v) is 12.2. The lowest BCUT2D eigenvalue weighted by Gasteiger charge is -2.07. The first-order chi connectivity index (χ1) is 9.65. The minimum absolute atomic E-state index is 0.333. The predicted octanol–water partition coefficient (Wildman–Crippen LogP) is 2.81. The van der Waals surface area contributed by atoms with Gasteiger partial charge in [0.15, 0.2) is 0 Å². The normalized spacial score (nSPS) is 11.3. The van der Waals surface area contributed by atoms with Crippen LogP contribution in [0.4, 0.5) is 10.3 Å². The maximum absolute atomic E-state index is 13.5. The van der Waals surface area contributed by atoms with Gasteiger partial charge in [-0.15, -0.1) is 0 Å². The van der Waals surface area contributed by atoms with Crippen LogP contribution in [0.25, 0.3) is 11.0 Å². The summed E-state index contributed by atoms with van der Waals surface area (Å²) in [6, 6.07) is 3.10. The summed E-state index contributed by atoms with van der Waals surface area (Å²) < 4.78 is 17.8. The van der Waals surface area contributed by atoms with Crippen molar-refractivity contribution in [1.82, 2.24) is 19.1 Å². The first kappa shape index (κ1) is 13.1. The van der Waals surface area contributed by atoms with Gasteiger partial charge in [0.05, 0.1) is 21.8 Å². The molecule has 0 saturated carbocycles. The first-order valence-corrected chi connectivity index (χ1v) is 7.01. The molecule has 0 aliphatic carbocycles. The fraction of sp³-hybridized carbons (Fsp3) is 0.231. The van der Waals surface area contributed by atoms with Crippen LogP contribution in [-0.4, -0.2) is 19.1 Å². The summed E-state index contributed by atoms with van der Waals surface area (Å²) in [5, 5.41) is 0. The first-order valence-electron chi connectivity index (χ1n) is 6.21. The number of aryl methyl sites for hydroxylation is 2. The SMILES string of the molecule is Nc1nc2cc(F)c(Br)cc2n1CCCn1ccnc1. The molecule has 0 atom stereocenters. The molecular formula is C13H13BrFN5. The Balaban J connectivity index is 1.83. The van der Waals surface area contributed by atoms with Gasteiger partial charge in [0, 0.05) is 31.5 Å². The number of imidazole rings is 2. The van der Waals surface area contributed by atoms with E-state index in [1.54, 1.807) is 18.6 Å². The van der Waals surface area contributed by atoms with Crippen molar-refractivity contribution in [2.75, 3.05) is 5.73 Å². The summed E-state index contributed by atoms with van der Waals surface area (Å²) in [5.74, 6) is 0.0729. The molecule has 2 N–H and O–H groups in total. The average Bonchev–Trinajstić information content (AvgIpc) is 3.01. The molecule has 0 aliphatic rings. The maximum atomic E-state index is 13.5. The predicted molar refractivity (Wildman–Crippen MR) is 78.6 cm³/mol. The number of anilines is 1. The summed E-state index contributed by atoms with van der Waals surface area (Å²) in [7, 11) is 0. The molecule has 0 radical (unpaired) electrons. The van der Waals surface area contributed by atoms with Gasteiger partial charge in [-0.2, -0.15) is 0 Å². The Kier molecular flexibility index (Phi) is 3.43. The van der Waals surface area contributed by atoms with Crippen molar-refractivity contribution in [1.29, 1.82) is 0 Å². The second-order valence-electron chi connectivity index (χ2n) is 4.53. The van der Waals surface area contributed by atoms with E-state index in [0.29, 0.717) is 15.9 Å². The van der Waals surface area contributed by atoms with Crippen LogP contribution in [0.1, 0.15) is 6.42 Å². The van der Waals surface area contributed by atoms with Gasteiger partial charge in [-0.05, 0) is 28.4 Å².